The van der Waals surface area contributed by atoms with Crippen LogP contribution in [0.15, 0.2) is 28.9 Å². The first-order chi connectivity index (χ1) is 9.87. The number of ether oxygens (including phenoxy) is 1. The number of alkyl carbamates (subject to hydrolysis) is 1. The summed E-state index contributed by atoms with van der Waals surface area (Å²) in [7, 11) is 0. The van der Waals surface area contributed by atoms with E-state index in [1.165, 1.54) is 0 Å². The lowest BCUT2D eigenvalue weighted by molar-refractivity contribution is 0.0530. The zero-order chi connectivity index (χ0) is 15.5. The normalized spacial score (nSPS) is 11.4. The second kappa shape index (κ2) is 6.39. The first kappa shape index (κ1) is 15.7. The minimum atomic E-state index is -0.473. The van der Waals surface area contributed by atoms with Gasteiger partial charge in [0.25, 0.3) is 0 Å². The van der Waals surface area contributed by atoms with E-state index < -0.39 is 11.7 Å². The minimum Gasteiger partial charge on any atom is -0.444 e. The van der Waals surface area contributed by atoms with Crippen LogP contribution in [-0.4, -0.2) is 29.8 Å². The van der Waals surface area contributed by atoms with Gasteiger partial charge in [-0.25, -0.2) is 4.79 Å². The van der Waals surface area contributed by atoms with Crippen LogP contribution < -0.4 is 10.6 Å². The first-order valence-corrected chi connectivity index (χ1v) is 7.62. The maximum absolute atomic E-state index is 11.5. The standard InChI is InChI=1S/C15H20BrN3O2/c1-15(2,3)21-14(20)19-9-8-17-12-5-4-11(16)10-6-7-18-13(10)12/h4-7,17-18H,8-9H2,1-3H3,(H,19,20). The van der Waals surface area contributed by atoms with Gasteiger partial charge in [0.15, 0.2) is 0 Å². The summed E-state index contributed by atoms with van der Waals surface area (Å²) >= 11 is 3.52. The molecule has 0 unspecified atom stereocenters. The molecule has 0 spiro atoms. The van der Waals surface area contributed by atoms with Gasteiger partial charge in [0.2, 0.25) is 0 Å². The molecule has 5 nitrogen and oxygen atoms in total. The Morgan fingerprint density at radius 1 is 1.29 bits per heavy atom. The second-order valence-electron chi connectivity index (χ2n) is 5.72. The van der Waals surface area contributed by atoms with Crippen LogP contribution in [0.5, 0.6) is 0 Å². The van der Waals surface area contributed by atoms with Gasteiger partial charge in [-0.05, 0) is 39.0 Å². The zero-order valence-corrected chi connectivity index (χ0v) is 14.0. The van der Waals surface area contributed by atoms with Crippen LogP contribution in [0.3, 0.4) is 0 Å². The van der Waals surface area contributed by atoms with E-state index in [2.05, 4.69) is 31.5 Å². The molecule has 2 rings (SSSR count). The van der Waals surface area contributed by atoms with Crippen LogP contribution in [0.4, 0.5) is 10.5 Å². The van der Waals surface area contributed by atoms with Gasteiger partial charge in [-0.15, -0.1) is 0 Å². The number of anilines is 1. The number of aromatic amines is 1. The molecule has 3 N–H and O–H groups in total. The van der Waals surface area contributed by atoms with E-state index >= 15 is 0 Å². The molecule has 0 aliphatic carbocycles. The summed E-state index contributed by atoms with van der Waals surface area (Å²) in [5.74, 6) is 0. The summed E-state index contributed by atoms with van der Waals surface area (Å²) in [6, 6.07) is 6.01. The lowest BCUT2D eigenvalue weighted by Gasteiger charge is -2.19. The van der Waals surface area contributed by atoms with Crippen molar-refractivity contribution in [3.8, 4) is 0 Å². The average Bonchev–Trinajstić information content (AvgIpc) is 2.85. The molecule has 1 heterocycles. The maximum Gasteiger partial charge on any atom is 0.407 e. The molecule has 0 saturated carbocycles. The fraction of sp³-hybridized carbons (Fsp3) is 0.400. The number of nitrogens with one attached hydrogen (secondary N) is 3. The van der Waals surface area contributed by atoms with Crippen molar-refractivity contribution in [3.05, 3.63) is 28.9 Å². The summed E-state index contributed by atoms with van der Waals surface area (Å²) in [6.07, 6.45) is 1.50. The fourth-order valence-electron chi connectivity index (χ4n) is 1.94. The van der Waals surface area contributed by atoms with Crippen molar-refractivity contribution < 1.29 is 9.53 Å². The average molecular weight is 354 g/mol. The third-order valence-corrected chi connectivity index (χ3v) is 3.47. The predicted molar refractivity (Wildman–Crippen MR) is 88.7 cm³/mol. The molecule has 1 amide bonds. The van der Waals surface area contributed by atoms with Gasteiger partial charge in [-0.3, -0.25) is 0 Å². The van der Waals surface area contributed by atoms with Crippen molar-refractivity contribution in [1.29, 1.82) is 0 Å². The van der Waals surface area contributed by atoms with Gasteiger partial charge >= 0.3 is 6.09 Å². The van der Waals surface area contributed by atoms with Crippen LogP contribution in [-0.2, 0) is 4.74 Å². The zero-order valence-electron chi connectivity index (χ0n) is 12.4. The summed E-state index contributed by atoms with van der Waals surface area (Å²) in [6.45, 7) is 6.64. The van der Waals surface area contributed by atoms with E-state index in [4.69, 9.17) is 4.74 Å². The van der Waals surface area contributed by atoms with Gasteiger partial charge in [-0.2, -0.15) is 0 Å². The number of rotatable bonds is 4. The highest BCUT2D eigenvalue weighted by atomic mass is 79.9. The number of aromatic nitrogens is 1. The van der Waals surface area contributed by atoms with Crippen molar-refractivity contribution in [3.63, 3.8) is 0 Å². The smallest absolute Gasteiger partial charge is 0.407 e. The molecule has 1 aromatic carbocycles. The maximum atomic E-state index is 11.5. The third kappa shape index (κ3) is 4.39. The number of hydrogen-bond acceptors (Lipinski definition) is 3. The van der Waals surface area contributed by atoms with Crippen molar-refractivity contribution in [2.75, 3.05) is 18.4 Å². The van der Waals surface area contributed by atoms with Gasteiger partial charge in [0.05, 0.1) is 11.2 Å². The molecule has 2 aromatic rings. The highest BCUT2D eigenvalue weighted by Gasteiger charge is 2.15. The van der Waals surface area contributed by atoms with Gasteiger partial charge < -0.3 is 20.4 Å². The van der Waals surface area contributed by atoms with Crippen molar-refractivity contribution >= 4 is 38.6 Å². The van der Waals surface area contributed by atoms with E-state index in [9.17, 15) is 4.79 Å². The summed E-state index contributed by atoms with van der Waals surface area (Å²) in [5, 5.41) is 7.14. The predicted octanol–water partition coefficient (Wildman–Crippen LogP) is 3.87. The molecule has 1 aromatic heterocycles. The highest BCUT2D eigenvalue weighted by molar-refractivity contribution is 9.10. The molecule has 0 fully saturated rings. The molecular weight excluding hydrogens is 334 g/mol. The van der Waals surface area contributed by atoms with Crippen LogP contribution in [0.1, 0.15) is 20.8 Å². The number of halogens is 1. The molecule has 6 heteroatoms. The Kier molecular flexibility index (Phi) is 4.77. The molecule has 0 aliphatic heterocycles. The van der Waals surface area contributed by atoms with E-state index in [1.54, 1.807) is 0 Å². The highest BCUT2D eigenvalue weighted by Crippen LogP contribution is 2.28. The molecule has 0 atom stereocenters. The molecule has 0 aliphatic rings. The van der Waals surface area contributed by atoms with E-state index in [0.29, 0.717) is 13.1 Å². The Morgan fingerprint density at radius 3 is 2.76 bits per heavy atom. The largest absolute Gasteiger partial charge is 0.444 e. The number of hydrogen-bond donors (Lipinski definition) is 3. The van der Waals surface area contributed by atoms with E-state index in [-0.39, 0.29) is 0 Å². The SMILES string of the molecule is CC(C)(C)OC(=O)NCCNc1ccc(Br)c2cc[nH]c12. The van der Waals surface area contributed by atoms with Crippen molar-refractivity contribution in [2.45, 2.75) is 26.4 Å². The van der Waals surface area contributed by atoms with Crippen molar-refractivity contribution in [2.24, 2.45) is 0 Å². The van der Waals surface area contributed by atoms with Crippen LogP contribution in [0.25, 0.3) is 10.9 Å². The van der Waals surface area contributed by atoms with E-state index in [1.807, 2.05) is 45.2 Å². The van der Waals surface area contributed by atoms with Crippen LogP contribution >= 0.6 is 15.9 Å². The summed E-state index contributed by atoms with van der Waals surface area (Å²) in [5.41, 5.74) is 1.57. The fourth-order valence-corrected chi connectivity index (χ4v) is 2.41. The topological polar surface area (TPSA) is 66.2 Å². The number of amides is 1. The summed E-state index contributed by atoms with van der Waals surface area (Å²) in [4.78, 5) is 14.7. The number of benzene rings is 1. The van der Waals surface area contributed by atoms with Crippen LogP contribution in [0.2, 0.25) is 0 Å². The molecule has 0 radical (unpaired) electrons. The van der Waals surface area contributed by atoms with Gasteiger partial charge in [-0.1, -0.05) is 15.9 Å². The van der Waals surface area contributed by atoms with Gasteiger partial charge in [0, 0.05) is 29.1 Å². The second-order valence-corrected chi connectivity index (χ2v) is 6.57. The van der Waals surface area contributed by atoms with Crippen LogP contribution in [0, 0.1) is 0 Å². The Bertz CT molecular complexity index is 631. The molecule has 114 valence electrons. The number of carbonyl (C=O) groups excluding carboxylic acids is 1. The number of H-pyrrole nitrogens is 1. The number of fused-ring (bicyclic) bond motifs is 1. The molecule has 0 bridgehead atoms. The van der Waals surface area contributed by atoms with Crippen molar-refractivity contribution in [1.82, 2.24) is 10.3 Å². The van der Waals surface area contributed by atoms with Gasteiger partial charge in [0.1, 0.15) is 5.60 Å². The first-order valence-electron chi connectivity index (χ1n) is 6.83. The lowest BCUT2D eigenvalue weighted by atomic mass is 10.2. The van der Waals surface area contributed by atoms with E-state index in [0.717, 1.165) is 21.1 Å². The Labute approximate surface area is 132 Å². The Balaban J connectivity index is 1.85. The molecule has 0 saturated heterocycles. The quantitative estimate of drug-likeness (QED) is 0.731. The number of carbonyl (C=O) groups is 1. The lowest BCUT2D eigenvalue weighted by Crippen LogP contribution is -2.35. The summed E-state index contributed by atoms with van der Waals surface area (Å²) < 4.78 is 6.23. The Morgan fingerprint density at radius 2 is 2.05 bits per heavy atom. The minimum absolute atomic E-state index is 0.398. The monoisotopic (exact) mass is 353 g/mol. The Hall–Kier alpha value is -1.69. The third-order valence-electron chi connectivity index (χ3n) is 2.78. The molecular formula is C15H20BrN3O2. The molecule has 21 heavy (non-hydrogen) atoms.